The lowest BCUT2D eigenvalue weighted by Crippen LogP contribution is -2.35. The first-order valence-corrected chi connectivity index (χ1v) is 9.24. The van der Waals surface area contributed by atoms with Gasteiger partial charge in [0, 0.05) is 5.56 Å². The molecular weight excluding hydrogens is 328 g/mol. The van der Waals surface area contributed by atoms with E-state index in [1.165, 1.54) is 11.1 Å². The fraction of sp³-hybridized carbons (Fsp3) is 0.545. The predicted molar refractivity (Wildman–Crippen MR) is 106 cm³/mol. The van der Waals surface area contributed by atoms with Crippen LogP contribution in [-0.2, 0) is 6.42 Å². The molecule has 0 bridgehead atoms. The summed E-state index contributed by atoms with van der Waals surface area (Å²) in [5, 5.41) is 39.5. The molecule has 1 aromatic rings. The van der Waals surface area contributed by atoms with Crippen LogP contribution in [0.15, 0.2) is 35.4 Å². The summed E-state index contributed by atoms with van der Waals surface area (Å²) in [7, 11) is 0. The van der Waals surface area contributed by atoms with Crippen molar-refractivity contribution in [3.05, 3.63) is 46.6 Å². The van der Waals surface area contributed by atoms with Crippen molar-refractivity contribution in [1.29, 1.82) is 0 Å². The van der Waals surface area contributed by atoms with Crippen LogP contribution in [0.25, 0.3) is 0 Å². The van der Waals surface area contributed by atoms with Gasteiger partial charge < -0.3 is 20.4 Å². The normalized spacial score (nSPS) is 14.6. The Kier molecular flexibility index (Phi) is 8.38. The van der Waals surface area contributed by atoms with E-state index < -0.39 is 11.7 Å². The van der Waals surface area contributed by atoms with E-state index in [0.29, 0.717) is 18.4 Å². The Morgan fingerprint density at radius 1 is 1.04 bits per heavy atom. The molecule has 4 nitrogen and oxygen atoms in total. The van der Waals surface area contributed by atoms with E-state index in [9.17, 15) is 20.4 Å². The van der Waals surface area contributed by atoms with E-state index in [1.54, 1.807) is 26.0 Å². The van der Waals surface area contributed by atoms with Gasteiger partial charge in [-0.2, -0.15) is 0 Å². The molecule has 1 rings (SSSR count). The SMILES string of the molecule is C/C(=C\Cc1c(O)cc(C)cc1O)CC/C=C(\C)CC[C@@H](O)C(C)(C)O. The van der Waals surface area contributed by atoms with Crippen LogP contribution in [0.5, 0.6) is 11.5 Å². The van der Waals surface area contributed by atoms with Crippen LogP contribution in [-0.4, -0.2) is 32.1 Å². The van der Waals surface area contributed by atoms with E-state index in [4.69, 9.17) is 0 Å². The molecule has 4 heteroatoms. The van der Waals surface area contributed by atoms with Gasteiger partial charge in [0.2, 0.25) is 0 Å². The largest absolute Gasteiger partial charge is 0.508 e. The van der Waals surface area contributed by atoms with E-state index in [2.05, 4.69) is 6.08 Å². The van der Waals surface area contributed by atoms with Crippen molar-refractivity contribution in [2.24, 2.45) is 0 Å². The van der Waals surface area contributed by atoms with Crippen molar-refractivity contribution in [2.45, 2.75) is 78.4 Å². The smallest absolute Gasteiger partial charge is 0.123 e. The zero-order chi connectivity index (χ0) is 19.9. The molecule has 146 valence electrons. The Bertz CT molecular complexity index is 628. The highest BCUT2D eigenvalue weighted by Gasteiger charge is 2.23. The number of rotatable bonds is 9. The van der Waals surface area contributed by atoms with Gasteiger partial charge in [-0.25, -0.2) is 0 Å². The molecule has 26 heavy (non-hydrogen) atoms. The maximum absolute atomic E-state index is 9.96. The molecule has 0 spiro atoms. The van der Waals surface area contributed by atoms with Gasteiger partial charge in [0.1, 0.15) is 11.5 Å². The van der Waals surface area contributed by atoms with E-state index >= 15 is 0 Å². The quantitative estimate of drug-likeness (QED) is 0.486. The maximum atomic E-state index is 9.96. The summed E-state index contributed by atoms with van der Waals surface area (Å²) in [5.41, 5.74) is 2.73. The van der Waals surface area contributed by atoms with Gasteiger partial charge in [-0.3, -0.25) is 0 Å². The second-order valence-electron chi connectivity index (χ2n) is 7.83. The maximum Gasteiger partial charge on any atom is 0.123 e. The second kappa shape index (κ2) is 9.79. The first-order valence-electron chi connectivity index (χ1n) is 9.24. The lowest BCUT2D eigenvalue weighted by Gasteiger charge is -2.24. The van der Waals surface area contributed by atoms with Gasteiger partial charge in [0.05, 0.1) is 11.7 Å². The fourth-order valence-corrected chi connectivity index (χ4v) is 2.73. The molecule has 0 unspecified atom stereocenters. The van der Waals surface area contributed by atoms with Gasteiger partial charge in [-0.15, -0.1) is 0 Å². The molecule has 0 aliphatic heterocycles. The van der Waals surface area contributed by atoms with Gasteiger partial charge in [-0.05, 0) is 84.4 Å². The number of aliphatic hydroxyl groups excluding tert-OH is 1. The molecular formula is C22H34O4. The third-order valence-corrected chi connectivity index (χ3v) is 4.66. The fourth-order valence-electron chi connectivity index (χ4n) is 2.73. The van der Waals surface area contributed by atoms with Crippen LogP contribution in [0, 0.1) is 6.92 Å². The number of hydrogen-bond donors (Lipinski definition) is 4. The summed E-state index contributed by atoms with van der Waals surface area (Å²) in [6.07, 6.45) is 7.09. The van der Waals surface area contributed by atoms with E-state index in [1.807, 2.05) is 26.8 Å². The van der Waals surface area contributed by atoms with Crippen molar-refractivity contribution in [3.63, 3.8) is 0 Å². The topological polar surface area (TPSA) is 80.9 Å². The lowest BCUT2D eigenvalue weighted by atomic mass is 9.95. The summed E-state index contributed by atoms with van der Waals surface area (Å²) in [6, 6.07) is 3.32. The number of benzene rings is 1. The third-order valence-electron chi connectivity index (χ3n) is 4.66. The minimum atomic E-state index is -1.06. The molecule has 0 amide bonds. The average molecular weight is 363 g/mol. The summed E-state index contributed by atoms with van der Waals surface area (Å²) < 4.78 is 0. The zero-order valence-electron chi connectivity index (χ0n) is 16.7. The average Bonchev–Trinajstić information content (AvgIpc) is 2.50. The first kappa shape index (κ1) is 22.3. The molecule has 0 radical (unpaired) electrons. The number of phenolic OH excluding ortho intramolecular Hbond substituents is 2. The Balaban J connectivity index is 2.48. The number of phenols is 2. The van der Waals surface area contributed by atoms with Crippen LogP contribution in [0.2, 0.25) is 0 Å². The Hall–Kier alpha value is -1.78. The van der Waals surface area contributed by atoms with E-state index in [-0.39, 0.29) is 11.5 Å². The lowest BCUT2D eigenvalue weighted by molar-refractivity contribution is -0.0509. The number of hydrogen-bond acceptors (Lipinski definition) is 4. The monoisotopic (exact) mass is 362 g/mol. The Morgan fingerprint density at radius 3 is 2.12 bits per heavy atom. The minimum Gasteiger partial charge on any atom is -0.508 e. The van der Waals surface area contributed by atoms with Gasteiger partial charge >= 0.3 is 0 Å². The number of aromatic hydroxyl groups is 2. The summed E-state index contributed by atoms with van der Waals surface area (Å²) in [6.45, 7) is 9.16. The first-order chi connectivity index (χ1) is 12.0. The van der Waals surface area contributed by atoms with Crippen molar-refractivity contribution < 1.29 is 20.4 Å². The molecule has 0 saturated carbocycles. The van der Waals surface area contributed by atoms with Crippen LogP contribution in [0.3, 0.4) is 0 Å². The van der Waals surface area contributed by atoms with Gasteiger partial charge in [-0.1, -0.05) is 23.3 Å². The molecule has 0 aliphatic carbocycles. The molecule has 0 fully saturated rings. The highest BCUT2D eigenvalue weighted by molar-refractivity contribution is 5.47. The molecule has 4 N–H and O–H groups in total. The predicted octanol–water partition coefficient (Wildman–Crippen LogP) is 4.53. The zero-order valence-corrected chi connectivity index (χ0v) is 16.7. The van der Waals surface area contributed by atoms with Crippen LogP contribution >= 0.6 is 0 Å². The van der Waals surface area contributed by atoms with E-state index in [0.717, 1.165) is 24.8 Å². The van der Waals surface area contributed by atoms with Gasteiger partial charge in [0.15, 0.2) is 0 Å². The molecule has 0 heterocycles. The van der Waals surface area contributed by atoms with Crippen LogP contribution in [0.1, 0.15) is 64.5 Å². The summed E-state index contributed by atoms with van der Waals surface area (Å²) in [5.74, 6) is 0.264. The number of allylic oxidation sites excluding steroid dienone is 4. The summed E-state index contributed by atoms with van der Waals surface area (Å²) >= 11 is 0. The van der Waals surface area contributed by atoms with Crippen LogP contribution in [0.4, 0.5) is 0 Å². The summed E-state index contributed by atoms with van der Waals surface area (Å²) in [4.78, 5) is 0. The van der Waals surface area contributed by atoms with Crippen LogP contribution < -0.4 is 0 Å². The highest BCUT2D eigenvalue weighted by Crippen LogP contribution is 2.29. The molecule has 0 aliphatic rings. The molecule has 0 saturated heterocycles. The molecule has 1 aromatic carbocycles. The highest BCUT2D eigenvalue weighted by atomic mass is 16.3. The molecule has 1 atom stereocenters. The number of aryl methyl sites for hydroxylation is 1. The Morgan fingerprint density at radius 2 is 1.58 bits per heavy atom. The minimum absolute atomic E-state index is 0.132. The van der Waals surface area contributed by atoms with Crippen molar-refractivity contribution in [2.75, 3.05) is 0 Å². The second-order valence-corrected chi connectivity index (χ2v) is 7.83. The standard InChI is InChI=1S/C22H34O4/c1-15(9-11-18-19(23)13-17(3)14-20(18)24)7-6-8-16(2)10-12-21(25)22(4,5)26/h8-9,13-14,21,23-26H,6-7,10-12H2,1-5H3/b15-9+,16-8+/t21-/m1/s1. The molecule has 0 aromatic heterocycles. The Labute approximate surface area is 157 Å². The van der Waals surface area contributed by atoms with Crippen molar-refractivity contribution in [3.8, 4) is 11.5 Å². The van der Waals surface area contributed by atoms with Gasteiger partial charge in [0.25, 0.3) is 0 Å². The number of aliphatic hydroxyl groups is 2. The third kappa shape index (κ3) is 7.63. The van der Waals surface area contributed by atoms with Crippen molar-refractivity contribution >= 4 is 0 Å². The van der Waals surface area contributed by atoms with Crippen molar-refractivity contribution in [1.82, 2.24) is 0 Å².